The molecule has 0 aliphatic rings. The van der Waals surface area contributed by atoms with Crippen LogP contribution in [0.15, 0.2) is 45.8 Å². The van der Waals surface area contributed by atoms with Gasteiger partial charge in [-0.1, -0.05) is 11.6 Å². The van der Waals surface area contributed by atoms with Crippen molar-refractivity contribution in [1.29, 1.82) is 0 Å². The Bertz CT molecular complexity index is 849. The average Bonchev–Trinajstić information content (AvgIpc) is 2.52. The zero-order valence-electron chi connectivity index (χ0n) is 13.0. The lowest BCUT2D eigenvalue weighted by atomic mass is 10.2. The molecule has 6 nitrogen and oxygen atoms in total. The van der Waals surface area contributed by atoms with Gasteiger partial charge in [0.15, 0.2) is 0 Å². The molecule has 2 rings (SSSR count). The van der Waals surface area contributed by atoms with Crippen LogP contribution in [0, 0.1) is 0 Å². The average molecular weight is 413 g/mol. The van der Waals surface area contributed by atoms with Gasteiger partial charge >= 0.3 is 0 Å². The number of anilines is 1. The monoisotopic (exact) mass is 411 g/mol. The van der Waals surface area contributed by atoms with Crippen LogP contribution in [0.1, 0.15) is 10.4 Å². The van der Waals surface area contributed by atoms with Crippen LogP contribution in [0.2, 0.25) is 5.02 Å². The molecule has 2 aromatic rings. The van der Waals surface area contributed by atoms with Crippen LogP contribution in [0.3, 0.4) is 0 Å². The Hall–Kier alpha value is -2.12. The fraction of sp³-hybridized carbons (Fsp3) is 0.188. The van der Waals surface area contributed by atoms with E-state index in [1.807, 2.05) is 0 Å². The third-order valence-corrected chi connectivity index (χ3v) is 3.95. The molecule has 1 aromatic heterocycles. The van der Waals surface area contributed by atoms with Crippen molar-refractivity contribution in [1.82, 2.24) is 9.47 Å². The predicted molar refractivity (Wildman–Crippen MR) is 96.5 cm³/mol. The van der Waals surface area contributed by atoms with Crippen molar-refractivity contribution in [2.24, 2.45) is 0 Å². The second-order valence-corrected chi connectivity index (χ2v) is 6.58. The Morgan fingerprint density at radius 1 is 1.25 bits per heavy atom. The molecule has 0 unspecified atom stereocenters. The van der Waals surface area contributed by atoms with E-state index >= 15 is 0 Å². The summed E-state index contributed by atoms with van der Waals surface area (Å²) in [6, 6.07) is 7.59. The van der Waals surface area contributed by atoms with Gasteiger partial charge in [0, 0.05) is 36.4 Å². The van der Waals surface area contributed by atoms with E-state index in [2.05, 4.69) is 21.2 Å². The first kappa shape index (κ1) is 18.2. The van der Waals surface area contributed by atoms with Crippen LogP contribution in [-0.2, 0) is 11.3 Å². The minimum absolute atomic E-state index is 0.166. The van der Waals surface area contributed by atoms with E-state index in [9.17, 15) is 14.4 Å². The van der Waals surface area contributed by atoms with Crippen LogP contribution >= 0.6 is 27.5 Å². The van der Waals surface area contributed by atoms with Crippen LogP contribution in [0.4, 0.5) is 5.69 Å². The molecule has 1 N–H and O–H groups in total. The molecule has 0 aliphatic carbocycles. The van der Waals surface area contributed by atoms with E-state index in [4.69, 9.17) is 11.6 Å². The van der Waals surface area contributed by atoms with Gasteiger partial charge in [-0.05, 0) is 40.2 Å². The van der Waals surface area contributed by atoms with Crippen LogP contribution in [0.25, 0.3) is 0 Å². The quantitative estimate of drug-likeness (QED) is 0.839. The van der Waals surface area contributed by atoms with Gasteiger partial charge in [0.05, 0.1) is 10.7 Å². The Balaban J connectivity index is 2.19. The molecule has 0 saturated heterocycles. The Morgan fingerprint density at radius 3 is 2.62 bits per heavy atom. The summed E-state index contributed by atoms with van der Waals surface area (Å²) in [6.07, 6.45) is 1.52. The van der Waals surface area contributed by atoms with Crippen molar-refractivity contribution in [3.05, 3.63) is 61.9 Å². The highest BCUT2D eigenvalue weighted by Crippen LogP contribution is 2.23. The van der Waals surface area contributed by atoms with E-state index in [1.54, 1.807) is 32.3 Å². The molecule has 24 heavy (non-hydrogen) atoms. The molecule has 0 atom stereocenters. The number of benzene rings is 1. The minimum atomic E-state index is -0.424. The van der Waals surface area contributed by atoms with Crippen molar-refractivity contribution in [3.63, 3.8) is 0 Å². The zero-order chi connectivity index (χ0) is 17.9. The third-order valence-electron chi connectivity index (χ3n) is 3.15. The number of hydrogen-bond acceptors (Lipinski definition) is 3. The van der Waals surface area contributed by atoms with Gasteiger partial charge in [0.2, 0.25) is 5.91 Å². The lowest BCUT2D eigenvalue weighted by molar-refractivity contribution is -0.116. The maximum absolute atomic E-state index is 12.2. The molecule has 126 valence electrons. The van der Waals surface area contributed by atoms with Crippen LogP contribution in [-0.4, -0.2) is 35.4 Å². The van der Waals surface area contributed by atoms with E-state index in [0.717, 1.165) is 0 Å². The highest BCUT2D eigenvalue weighted by Gasteiger charge is 2.13. The summed E-state index contributed by atoms with van der Waals surface area (Å²) in [5, 5.41) is 2.93. The van der Waals surface area contributed by atoms with E-state index in [1.165, 1.54) is 27.8 Å². The van der Waals surface area contributed by atoms with Gasteiger partial charge in [-0.15, -0.1) is 0 Å². The topological polar surface area (TPSA) is 71.4 Å². The number of hydrogen-bond donors (Lipinski definition) is 1. The van der Waals surface area contributed by atoms with Crippen molar-refractivity contribution >= 4 is 45.0 Å². The maximum Gasteiger partial charge on any atom is 0.253 e. The Labute approximate surface area is 152 Å². The Kier molecular flexibility index (Phi) is 5.80. The summed E-state index contributed by atoms with van der Waals surface area (Å²) >= 11 is 9.32. The normalized spacial score (nSPS) is 10.3. The summed E-state index contributed by atoms with van der Waals surface area (Å²) < 4.78 is 1.95. The van der Waals surface area contributed by atoms with Crippen LogP contribution in [0.5, 0.6) is 0 Å². The maximum atomic E-state index is 12.2. The number of carbonyl (C=O) groups excluding carboxylic acids is 2. The lowest BCUT2D eigenvalue weighted by Crippen LogP contribution is -2.27. The molecule has 1 aromatic carbocycles. The van der Waals surface area contributed by atoms with Crippen molar-refractivity contribution in [2.75, 3.05) is 19.4 Å². The first-order chi connectivity index (χ1) is 11.3. The Morgan fingerprint density at radius 2 is 1.96 bits per heavy atom. The molecule has 1 heterocycles. The van der Waals surface area contributed by atoms with Gasteiger partial charge in [-0.3, -0.25) is 14.4 Å². The van der Waals surface area contributed by atoms with Crippen molar-refractivity contribution < 1.29 is 9.59 Å². The fourth-order valence-electron chi connectivity index (χ4n) is 1.98. The van der Waals surface area contributed by atoms with Gasteiger partial charge in [-0.2, -0.15) is 0 Å². The number of aromatic nitrogens is 1. The first-order valence-corrected chi connectivity index (χ1v) is 8.12. The standard InChI is InChI=1S/C16H15BrClN3O3/c1-20(2)16(24)10-3-5-12(18)13(7-10)19-14(22)9-21-8-11(17)4-6-15(21)23/h3-8H,9H2,1-2H3,(H,19,22). The van der Waals surface area contributed by atoms with E-state index in [0.29, 0.717) is 20.7 Å². The minimum Gasteiger partial charge on any atom is -0.345 e. The molecule has 0 radical (unpaired) electrons. The molecule has 0 aliphatic heterocycles. The van der Waals surface area contributed by atoms with E-state index in [-0.39, 0.29) is 18.0 Å². The molecule has 0 spiro atoms. The SMILES string of the molecule is CN(C)C(=O)c1ccc(Cl)c(NC(=O)Cn2cc(Br)ccc2=O)c1. The second kappa shape index (κ2) is 7.63. The molecule has 8 heteroatoms. The number of nitrogens with zero attached hydrogens (tertiary/aromatic N) is 2. The molecular formula is C16H15BrClN3O3. The van der Waals surface area contributed by atoms with Crippen molar-refractivity contribution in [3.8, 4) is 0 Å². The summed E-state index contributed by atoms with van der Waals surface area (Å²) in [6.45, 7) is -0.166. The number of rotatable bonds is 4. The second-order valence-electron chi connectivity index (χ2n) is 5.26. The number of pyridine rings is 1. The highest BCUT2D eigenvalue weighted by molar-refractivity contribution is 9.10. The highest BCUT2D eigenvalue weighted by atomic mass is 79.9. The van der Waals surface area contributed by atoms with Crippen molar-refractivity contribution in [2.45, 2.75) is 6.54 Å². The molecule has 2 amide bonds. The number of amides is 2. The van der Waals surface area contributed by atoms with Gasteiger partial charge in [0.1, 0.15) is 6.54 Å². The number of nitrogens with one attached hydrogen (secondary N) is 1. The first-order valence-electron chi connectivity index (χ1n) is 6.95. The van der Waals surface area contributed by atoms with Crippen LogP contribution < -0.4 is 10.9 Å². The summed E-state index contributed by atoms with van der Waals surface area (Å²) in [7, 11) is 3.27. The number of halogens is 2. The van der Waals surface area contributed by atoms with Gasteiger partial charge in [0.25, 0.3) is 11.5 Å². The molecular weight excluding hydrogens is 398 g/mol. The molecule has 0 bridgehead atoms. The largest absolute Gasteiger partial charge is 0.345 e. The fourth-order valence-corrected chi connectivity index (χ4v) is 2.53. The zero-order valence-corrected chi connectivity index (χ0v) is 15.4. The lowest BCUT2D eigenvalue weighted by Gasteiger charge is -2.13. The molecule has 0 saturated carbocycles. The summed E-state index contributed by atoms with van der Waals surface area (Å²) in [5.41, 5.74) is 0.424. The summed E-state index contributed by atoms with van der Waals surface area (Å²) in [4.78, 5) is 37.3. The predicted octanol–water partition coefficient (Wildman–Crippen LogP) is 2.60. The summed E-state index contributed by atoms with van der Waals surface area (Å²) in [5.74, 6) is -0.628. The smallest absolute Gasteiger partial charge is 0.253 e. The van der Waals surface area contributed by atoms with Gasteiger partial charge in [-0.25, -0.2) is 0 Å². The number of carbonyl (C=O) groups is 2. The van der Waals surface area contributed by atoms with Gasteiger partial charge < -0.3 is 14.8 Å². The molecule has 0 fully saturated rings. The third kappa shape index (κ3) is 4.46. The van der Waals surface area contributed by atoms with E-state index < -0.39 is 5.91 Å².